The number of halogens is 2. The Bertz CT molecular complexity index is 712. The number of hydrogen-bond donors (Lipinski definition) is 1. The molecule has 0 radical (unpaired) electrons. The molecule has 8 heteroatoms. The van der Waals surface area contributed by atoms with Gasteiger partial charge in [-0.05, 0) is 50.7 Å². The first-order valence-electron chi connectivity index (χ1n) is 6.00. The minimum Gasteiger partial charge on any atom is -0.454 e. The van der Waals surface area contributed by atoms with Crippen molar-refractivity contribution in [1.29, 1.82) is 0 Å². The fraction of sp³-hybridized carbons (Fsp3) is 0.231. The number of fused-ring (bicyclic) bond motifs is 1. The highest BCUT2D eigenvalue weighted by atomic mass is 127. The van der Waals surface area contributed by atoms with Gasteiger partial charge in [-0.2, -0.15) is 0 Å². The van der Waals surface area contributed by atoms with Crippen molar-refractivity contribution < 1.29 is 14.2 Å². The highest BCUT2D eigenvalue weighted by Crippen LogP contribution is 2.42. The van der Waals surface area contributed by atoms with Crippen molar-refractivity contribution in [2.45, 2.75) is 6.61 Å². The monoisotopic (exact) mass is 463 g/mol. The third kappa shape index (κ3) is 2.79. The van der Waals surface area contributed by atoms with Gasteiger partial charge in [0.05, 0.1) is 20.3 Å². The summed E-state index contributed by atoms with van der Waals surface area (Å²) in [7, 11) is 1.62. The predicted molar refractivity (Wildman–Crippen MR) is 89.1 cm³/mol. The smallest absolute Gasteiger partial charge is 0.231 e. The van der Waals surface area contributed by atoms with Crippen LogP contribution in [0.3, 0.4) is 0 Å². The Kier molecular flexibility index (Phi) is 4.18. The lowest BCUT2D eigenvalue weighted by molar-refractivity contribution is 0.173. The highest BCUT2D eigenvalue weighted by molar-refractivity contribution is 14.1. The molecule has 2 N–H and O–H groups in total. The number of nitrogen functional groups attached to an aromatic ring is 1. The van der Waals surface area contributed by atoms with Crippen LogP contribution in [0.5, 0.6) is 11.5 Å². The zero-order valence-electron chi connectivity index (χ0n) is 11.0. The van der Waals surface area contributed by atoms with Crippen LogP contribution in [-0.2, 0) is 11.3 Å². The molecule has 2 aromatic rings. The number of anilines is 1. The van der Waals surface area contributed by atoms with Gasteiger partial charge in [0.1, 0.15) is 5.82 Å². The third-order valence-electron chi connectivity index (χ3n) is 2.91. The van der Waals surface area contributed by atoms with Crippen LogP contribution in [0.2, 0.25) is 0 Å². The molecule has 0 fully saturated rings. The molecule has 1 aromatic carbocycles. The van der Waals surface area contributed by atoms with E-state index >= 15 is 0 Å². The number of aromatic nitrogens is 2. The van der Waals surface area contributed by atoms with E-state index in [2.05, 4.69) is 48.5 Å². The van der Waals surface area contributed by atoms with Crippen LogP contribution >= 0.6 is 38.5 Å². The number of benzene rings is 1. The van der Waals surface area contributed by atoms with Gasteiger partial charge in [0.25, 0.3) is 0 Å². The van der Waals surface area contributed by atoms with Crippen molar-refractivity contribution in [3.63, 3.8) is 0 Å². The summed E-state index contributed by atoms with van der Waals surface area (Å²) in [5.74, 6) is 2.31. The quantitative estimate of drug-likeness (QED) is 0.705. The second-order valence-electron chi connectivity index (χ2n) is 4.32. The number of hydrogen-bond acceptors (Lipinski definition) is 6. The molecule has 0 spiro atoms. The third-order valence-corrected chi connectivity index (χ3v) is 4.68. The summed E-state index contributed by atoms with van der Waals surface area (Å²) < 4.78 is 17.5. The minimum absolute atomic E-state index is 0.210. The molecule has 1 aromatic heterocycles. The Morgan fingerprint density at radius 3 is 2.95 bits per heavy atom. The zero-order valence-corrected chi connectivity index (χ0v) is 14.8. The van der Waals surface area contributed by atoms with Gasteiger partial charge >= 0.3 is 0 Å². The Labute approximate surface area is 143 Å². The lowest BCUT2D eigenvalue weighted by Crippen LogP contribution is -2.06. The van der Waals surface area contributed by atoms with E-state index in [-0.39, 0.29) is 6.79 Å². The molecule has 1 aliphatic heterocycles. The molecular weight excluding hydrogens is 453 g/mol. The molecule has 2 heterocycles. The van der Waals surface area contributed by atoms with Crippen molar-refractivity contribution in [2.75, 3.05) is 19.6 Å². The van der Waals surface area contributed by atoms with Gasteiger partial charge in [-0.3, -0.25) is 0 Å². The number of methoxy groups -OCH3 is 1. The van der Waals surface area contributed by atoms with Gasteiger partial charge in [0.15, 0.2) is 17.3 Å². The summed E-state index contributed by atoms with van der Waals surface area (Å²) in [5, 5.41) is 0. The average Bonchev–Trinajstić information content (AvgIpc) is 2.92. The molecule has 0 aliphatic carbocycles. The zero-order chi connectivity index (χ0) is 15.0. The summed E-state index contributed by atoms with van der Waals surface area (Å²) in [4.78, 5) is 8.86. The summed E-state index contributed by atoms with van der Waals surface area (Å²) in [6.07, 6.45) is 0. The van der Waals surface area contributed by atoms with Crippen LogP contribution in [0.15, 0.2) is 16.6 Å². The number of nitrogens with two attached hydrogens (primary N) is 1. The van der Waals surface area contributed by atoms with E-state index in [1.807, 2.05) is 12.1 Å². The molecule has 0 bridgehead atoms. The molecule has 0 unspecified atom stereocenters. The molecule has 110 valence electrons. The lowest BCUT2D eigenvalue weighted by Gasteiger charge is -2.09. The molecule has 6 nitrogen and oxygen atoms in total. The molecule has 0 atom stereocenters. The topological polar surface area (TPSA) is 79.5 Å². The Morgan fingerprint density at radius 2 is 2.19 bits per heavy atom. The largest absolute Gasteiger partial charge is 0.454 e. The molecular formula is C13H11BrIN3O3. The second kappa shape index (κ2) is 5.93. The van der Waals surface area contributed by atoms with E-state index in [1.165, 1.54) is 0 Å². The first-order chi connectivity index (χ1) is 10.1. The number of ether oxygens (including phenoxy) is 3. The molecule has 0 saturated carbocycles. The maximum absolute atomic E-state index is 5.96. The first-order valence-corrected chi connectivity index (χ1v) is 7.87. The first kappa shape index (κ1) is 14.8. The van der Waals surface area contributed by atoms with E-state index in [9.17, 15) is 0 Å². The van der Waals surface area contributed by atoms with Gasteiger partial charge in [-0.1, -0.05) is 0 Å². The van der Waals surface area contributed by atoms with Crippen molar-refractivity contribution in [3.8, 4) is 22.9 Å². The van der Waals surface area contributed by atoms with E-state index in [1.54, 1.807) is 7.11 Å². The fourth-order valence-electron chi connectivity index (χ4n) is 1.97. The van der Waals surface area contributed by atoms with E-state index in [4.69, 9.17) is 19.9 Å². The lowest BCUT2D eigenvalue weighted by atomic mass is 10.2. The van der Waals surface area contributed by atoms with Crippen molar-refractivity contribution in [2.24, 2.45) is 0 Å². The summed E-state index contributed by atoms with van der Waals surface area (Å²) in [6.45, 7) is 0.589. The molecule has 0 amide bonds. The Balaban J connectivity index is 2.10. The van der Waals surface area contributed by atoms with Crippen LogP contribution in [0.1, 0.15) is 5.69 Å². The number of nitrogens with zero attached hydrogens (tertiary/aromatic N) is 2. The summed E-state index contributed by atoms with van der Waals surface area (Å²) in [6, 6.07) is 3.72. The Hall–Kier alpha value is -1.13. The van der Waals surface area contributed by atoms with Crippen LogP contribution in [0.4, 0.5) is 5.82 Å². The van der Waals surface area contributed by atoms with Gasteiger partial charge in [0, 0.05) is 12.7 Å². The van der Waals surface area contributed by atoms with Crippen LogP contribution in [0.25, 0.3) is 11.4 Å². The van der Waals surface area contributed by atoms with E-state index in [0.717, 1.165) is 19.3 Å². The molecule has 0 saturated heterocycles. The molecule has 3 rings (SSSR count). The van der Waals surface area contributed by atoms with Crippen molar-refractivity contribution in [3.05, 3.63) is 25.9 Å². The fourth-order valence-corrected chi connectivity index (χ4v) is 2.92. The predicted octanol–water partition coefficient (Wildman–Crippen LogP) is 2.97. The van der Waals surface area contributed by atoms with Gasteiger partial charge in [-0.15, -0.1) is 0 Å². The maximum atomic E-state index is 5.96. The van der Waals surface area contributed by atoms with Crippen LogP contribution in [0, 0.1) is 3.57 Å². The highest BCUT2D eigenvalue weighted by Gasteiger charge is 2.20. The van der Waals surface area contributed by atoms with Gasteiger partial charge in [-0.25, -0.2) is 9.97 Å². The minimum atomic E-state index is 0.210. The van der Waals surface area contributed by atoms with Crippen LogP contribution < -0.4 is 15.2 Å². The van der Waals surface area contributed by atoms with Crippen LogP contribution in [-0.4, -0.2) is 23.9 Å². The van der Waals surface area contributed by atoms with Crippen molar-refractivity contribution in [1.82, 2.24) is 9.97 Å². The van der Waals surface area contributed by atoms with E-state index in [0.29, 0.717) is 29.7 Å². The van der Waals surface area contributed by atoms with Crippen molar-refractivity contribution >= 4 is 44.3 Å². The second-order valence-corrected chi connectivity index (χ2v) is 6.25. The van der Waals surface area contributed by atoms with E-state index < -0.39 is 0 Å². The molecule has 1 aliphatic rings. The SMILES string of the molecule is COCc1nc(-c2cc(Br)c3c(c2)OCO3)nc(N)c1I. The maximum Gasteiger partial charge on any atom is 0.231 e. The normalized spacial score (nSPS) is 12.7. The standard InChI is InChI=1S/C13H11BrIN3O3/c1-19-4-8-10(15)12(16)18-13(17-8)6-2-7(14)11-9(3-6)20-5-21-11/h2-3H,4-5H2,1H3,(H2,16,17,18). The Morgan fingerprint density at radius 1 is 1.38 bits per heavy atom. The van der Waals surface area contributed by atoms with Gasteiger partial charge < -0.3 is 19.9 Å². The van der Waals surface area contributed by atoms with Gasteiger partial charge in [0.2, 0.25) is 6.79 Å². The molecule has 21 heavy (non-hydrogen) atoms. The number of rotatable bonds is 3. The summed E-state index contributed by atoms with van der Waals surface area (Å²) in [5.41, 5.74) is 7.51. The average molecular weight is 464 g/mol. The summed E-state index contributed by atoms with van der Waals surface area (Å²) >= 11 is 5.58.